The fraction of sp³-hybridized carbons (Fsp3) is 0.182. The van der Waals surface area contributed by atoms with Crippen molar-refractivity contribution in [3.63, 3.8) is 0 Å². The third kappa shape index (κ3) is 3.98. The highest BCUT2D eigenvalue weighted by atomic mass is 32.2. The molecule has 5 heteroatoms. The molecule has 1 aliphatic rings. The van der Waals surface area contributed by atoms with E-state index in [2.05, 4.69) is 29.6 Å². The van der Waals surface area contributed by atoms with Gasteiger partial charge in [0.05, 0.1) is 17.1 Å². The van der Waals surface area contributed by atoms with Gasteiger partial charge in [-0.15, -0.1) is 11.8 Å². The van der Waals surface area contributed by atoms with E-state index in [4.69, 9.17) is 0 Å². The van der Waals surface area contributed by atoms with Crippen LogP contribution in [-0.4, -0.2) is 24.1 Å². The molecular formula is C22H20N2O2S. The average Bonchev–Trinajstić information content (AvgIpc) is 3.12. The lowest BCUT2D eigenvalue weighted by molar-refractivity contribution is -0.117. The van der Waals surface area contributed by atoms with Crippen molar-refractivity contribution in [2.75, 3.05) is 22.5 Å². The van der Waals surface area contributed by atoms with Gasteiger partial charge in [-0.05, 0) is 41.5 Å². The fourth-order valence-electron chi connectivity index (χ4n) is 3.31. The molecule has 4 rings (SSSR count). The van der Waals surface area contributed by atoms with E-state index in [-0.39, 0.29) is 11.8 Å². The average molecular weight is 376 g/mol. The van der Waals surface area contributed by atoms with Gasteiger partial charge in [0.25, 0.3) is 0 Å². The SMILES string of the molecule is O=C(CSc1ccc2ccccc2c1)Nc1ccccc1N1CCCC1=O. The van der Waals surface area contributed by atoms with E-state index in [0.29, 0.717) is 24.4 Å². The summed E-state index contributed by atoms with van der Waals surface area (Å²) in [6, 6.07) is 21.9. The van der Waals surface area contributed by atoms with E-state index in [9.17, 15) is 9.59 Å². The lowest BCUT2D eigenvalue weighted by Crippen LogP contribution is -2.25. The molecule has 0 radical (unpaired) electrons. The number of carbonyl (C=O) groups excluding carboxylic acids is 2. The maximum Gasteiger partial charge on any atom is 0.234 e. The van der Waals surface area contributed by atoms with Crippen LogP contribution in [0.1, 0.15) is 12.8 Å². The van der Waals surface area contributed by atoms with E-state index in [1.165, 1.54) is 22.5 Å². The Hall–Kier alpha value is -2.79. The molecule has 1 N–H and O–H groups in total. The second-order valence-electron chi connectivity index (χ2n) is 6.51. The zero-order chi connectivity index (χ0) is 18.6. The first kappa shape index (κ1) is 17.6. The summed E-state index contributed by atoms with van der Waals surface area (Å²) in [5.41, 5.74) is 1.47. The van der Waals surface area contributed by atoms with E-state index in [0.717, 1.165) is 17.0 Å². The first-order valence-electron chi connectivity index (χ1n) is 9.01. The van der Waals surface area contributed by atoms with Crippen LogP contribution in [0.15, 0.2) is 71.6 Å². The van der Waals surface area contributed by atoms with Gasteiger partial charge >= 0.3 is 0 Å². The van der Waals surface area contributed by atoms with Gasteiger partial charge in [0, 0.05) is 17.9 Å². The van der Waals surface area contributed by atoms with Crippen LogP contribution in [0.5, 0.6) is 0 Å². The van der Waals surface area contributed by atoms with Crippen LogP contribution >= 0.6 is 11.8 Å². The molecule has 0 bridgehead atoms. The molecule has 27 heavy (non-hydrogen) atoms. The number of hydrogen-bond acceptors (Lipinski definition) is 3. The normalized spacial score (nSPS) is 13.9. The van der Waals surface area contributed by atoms with Crippen molar-refractivity contribution in [3.05, 3.63) is 66.7 Å². The summed E-state index contributed by atoms with van der Waals surface area (Å²) in [7, 11) is 0. The van der Waals surface area contributed by atoms with Gasteiger partial charge in [-0.2, -0.15) is 0 Å². The van der Waals surface area contributed by atoms with Gasteiger partial charge in [-0.25, -0.2) is 0 Å². The standard InChI is InChI=1S/C22H20N2O2S/c25-21(15-27-18-12-11-16-6-1-2-7-17(16)14-18)23-19-8-3-4-9-20(19)24-13-5-10-22(24)26/h1-4,6-9,11-12,14H,5,10,13,15H2,(H,23,25). The lowest BCUT2D eigenvalue weighted by Gasteiger charge is -2.19. The number of fused-ring (bicyclic) bond motifs is 1. The number of para-hydroxylation sites is 2. The van der Waals surface area contributed by atoms with Crippen LogP contribution in [0.3, 0.4) is 0 Å². The molecule has 0 unspecified atom stereocenters. The van der Waals surface area contributed by atoms with Crippen LogP contribution in [0.4, 0.5) is 11.4 Å². The summed E-state index contributed by atoms with van der Waals surface area (Å²) in [5.74, 6) is 0.357. The number of nitrogens with zero attached hydrogens (tertiary/aromatic N) is 1. The third-order valence-electron chi connectivity index (χ3n) is 4.63. The number of thioether (sulfide) groups is 1. The largest absolute Gasteiger partial charge is 0.324 e. The Labute approximate surface area is 162 Å². The molecule has 1 saturated heterocycles. The monoisotopic (exact) mass is 376 g/mol. The van der Waals surface area contributed by atoms with Crippen molar-refractivity contribution in [1.82, 2.24) is 0 Å². The summed E-state index contributed by atoms with van der Waals surface area (Å²) in [6.45, 7) is 0.706. The minimum absolute atomic E-state index is 0.0766. The van der Waals surface area contributed by atoms with E-state index in [1.807, 2.05) is 42.5 Å². The summed E-state index contributed by atoms with van der Waals surface area (Å²) >= 11 is 1.51. The predicted molar refractivity (Wildman–Crippen MR) is 111 cm³/mol. The molecule has 0 aromatic heterocycles. The minimum atomic E-state index is -0.0766. The van der Waals surface area contributed by atoms with Gasteiger partial charge in [-0.3, -0.25) is 9.59 Å². The van der Waals surface area contributed by atoms with Crippen LogP contribution in [0.25, 0.3) is 10.8 Å². The number of anilines is 2. The number of hydrogen-bond donors (Lipinski definition) is 1. The second kappa shape index (κ2) is 7.84. The molecule has 4 nitrogen and oxygen atoms in total. The molecular weight excluding hydrogens is 356 g/mol. The highest BCUT2D eigenvalue weighted by molar-refractivity contribution is 8.00. The Morgan fingerprint density at radius 3 is 2.59 bits per heavy atom. The summed E-state index contributed by atoms with van der Waals surface area (Å²) in [5, 5.41) is 5.32. The molecule has 3 aromatic rings. The zero-order valence-corrected chi connectivity index (χ0v) is 15.7. The molecule has 0 saturated carbocycles. The summed E-state index contributed by atoms with van der Waals surface area (Å²) < 4.78 is 0. The first-order chi connectivity index (χ1) is 13.2. The van der Waals surface area contributed by atoms with Gasteiger partial charge in [0.1, 0.15) is 0 Å². The van der Waals surface area contributed by atoms with E-state index in [1.54, 1.807) is 4.90 Å². The molecule has 1 fully saturated rings. The van der Waals surface area contributed by atoms with Gasteiger partial charge in [0.2, 0.25) is 11.8 Å². The minimum Gasteiger partial charge on any atom is -0.324 e. The topological polar surface area (TPSA) is 49.4 Å². The molecule has 3 aromatic carbocycles. The van der Waals surface area contributed by atoms with Crippen LogP contribution in [0.2, 0.25) is 0 Å². The predicted octanol–water partition coefficient (Wildman–Crippen LogP) is 4.70. The van der Waals surface area contributed by atoms with Crippen molar-refractivity contribution in [3.8, 4) is 0 Å². The van der Waals surface area contributed by atoms with Gasteiger partial charge in [-0.1, -0.05) is 42.5 Å². The number of benzene rings is 3. The van der Waals surface area contributed by atoms with Crippen LogP contribution in [-0.2, 0) is 9.59 Å². The number of rotatable bonds is 5. The van der Waals surface area contributed by atoms with Crippen molar-refractivity contribution in [1.29, 1.82) is 0 Å². The number of nitrogens with one attached hydrogen (secondary N) is 1. The van der Waals surface area contributed by atoms with E-state index < -0.39 is 0 Å². The molecule has 0 aliphatic carbocycles. The maximum atomic E-state index is 12.5. The Morgan fingerprint density at radius 2 is 1.78 bits per heavy atom. The second-order valence-corrected chi connectivity index (χ2v) is 7.56. The molecule has 136 valence electrons. The van der Waals surface area contributed by atoms with Gasteiger partial charge < -0.3 is 10.2 Å². The van der Waals surface area contributed by atoms with Crippen molar-refractivity contribution >= 4 is 45.7 Å². The van der Waals surface area contributed by atoms with Crippen molar-refractivity contribution < 1.29 is 9.59 Å². The van der Waals surface area contributed by atoms with Gasteiger partial charge in [0.15, 0.2) is 0 Å². The third-order valence-corrected chi connectivity index (χ3v) is 5.63. The fourth-order valence-corrected chi connectivity index (χ4v) is 4.05. The first-order valence-corrected chi connectivity index (χ1v) is 10.00. The lowest BCUT2D eigenvalue weighted by atomic mass is 10.1. The molecule has 0 atom stereocenters. The van der Waals surface area contributed by atoms with Crippen LogP contribution < -0.4 is 10.2 Å². The van der Waals surface area contributed by atoms with Crippen molar-refractivity contribution in [2.45, 2.75) is 17.7 Å². The van der Waals surface area contributed by atoms with Crippen molar-refractivity contribution in [2.24, 2.45) is 0 Å². The summed E-state index contributed by atoms with van der Waals surface area (Å²) in [6.07, 6.45) is 1.43. The summed E-state index contributed by atoms with van der Waals surface area (Å²) in [4.78, 5) is 27.3. The molecule has 0 spiro atoms. The molecule has 1 aliphatic heterocycles. The Morgan fingerprint density at radius 1 is 1.00 bits per heavy atom. The smallest absolute Gasteiger partial charge is 0.234 e. The van der Waals surface area contributed by atoms with E-state index >= 15 is 0 Å². The number of amides is 2. The molecule has 2 amide bonds. The molecule has 1 heterocycles. The number of carbonyl (C=O) groups is 2. The van der Waals surface area contributed by atoms with Crippen LogP contribution in [0, 0.1) is 0 Å². The highest BCUT2D eigenvalue weighted by Crippen LogP contribution is 2.30. The Bertz CT molecular complexity index is 1000. The highest BCUT2D eigenvalue weighted by Gasteiger charge is 2.24. The quantitative estimate of drug-likeness (QED) is 0.657. The maximum absolute atomic E-state index is 12.5. The Kier molecular flexibility index (Phi) is 5.12. The Balaban J connectivity index is 1.43. The zero-order valence-electron chi connectivity index (χ0n) is 14.9.